The zero-order valence-corrected chi connectivity index (χ0v) is 10.4. The molecule has 18 heavy (non-hydrogen) atoms. The summed E-state index contributed by atoms with van der Waals surface area (Å²) in [5.74, 6) is 1.30. The van der Waals surface area contributed by atoms with Crippen molar-refractivity contribution in [3.05, 3.63) is 23.8 Å². The topological polar surface area (TPSA) is 67.6 Å². The maximum atomic E-state index is 8.97. The third-order valence-corrected chi connectivity index (χ3v) is 3.72. The predicted octanol–water partition coefficient (Wildman–Crippen LogP) is 2.85. The molecule has 0 aliphatic heterocycles. The van der Waals surface area contributed by atoms with Gasteiger partial charge in [-0.1, -0.05) is 13.3 Å². The summed E-state index contributed by atoms with van der Waals surface area (Å²) >= 11 is 0. The van der Waals surface area contributed by atoms with Crippen LogP contribution in [0.2, 0.25) is 0 Å². The third-order valence-electron chi connectivity index (χ3n) is 3.72. The predicted molar refractivity (Wildman–Crippen MR) is 70.9 cm³/mol. The van der Waals surface area contributed by atoms with Gasteiger partial charge in [-0.15, -0.1) is 0 Å². The summed E-state index contributed by atoms with van der Waals surface area (Å²) in [4.78, 5) is 4.38. The first-order valence-corrected chi connectivity index (χ1v) is 6.42. The molecule has 1 aliphatic rings. The molecule has 0 spiro atoms. The zero-order valence-electron chi connectivity index (χ0n) is 10.4. The van der Waals surface area contributed by atoms with E-state index < -0.39 is 0 Å². The summed E-state index contributed by atoms with van der Waals surface area (Å²) in [5, 5.41) is 8.97. The number of hydrogen-bond acceptors (Lipinski definition) is 3. The van der Waals surface area contributed by atoms with Crippen molar-refractivity contribution < 1.29 is 0 Å². The van der Waals surface area contributed by atoms with E-state index in [2.05, 4.69) is 22.5 Å². The summed E-state index contributed by atoms with van der Waals surface area (Å²) in [7, 11) is 0. The van der Waals surface area contributed by atoms with Gasteiger partial charge in [-0.2, -0.15) is 5.26 Å². The van der Waals surface area contributed by atoms with Gasteiger partial charge < -0.3 is 10.3 Å². The molecule has 0 amide bonds. The highest BCUT2D eigenvalue weighted by molar-refractivity contribution is 5.80. The summed E-state index contributed by atoms with van der Waals surface area (Å²) in [5.41, 5.74) is 8.55. The Hall–Kier alpha value is -2.02. The molecule has 1 aromatic heterocycles. The van der Waals surface area contributed by atoms with E-state index in [1.807, 2.05) is 12.1 Å². The highest BCUT2D eigenvalue weighted by Crippen LogP contribution is 2.48. The first kappa shape index (κ1) is 11.1. The molecule has 1 saturated carbocycles. The molecular weight excluding hydrogens is 224 g/mol. The van der Waals surface area contributed by atoms with Crippen LogP contribution in [0.25, 0.3) is 11.0 Å². The number of nitrogens with two attached hydrogens (primary N) is 1. The SMILES string of the molecule is CCCC1CC1n1c(N)nc2ccc(C#N)cc21. The molecule has 92 valence electrons. The monoisotopic (exact) mass is 240 g/mol. The molecular formula is C14H16N4. The average molecular weight is 240 g/mol. The molecule has 2 aromatic rings. The Balaban J connectivity index is 2.06. The van der Waals surface area contributed by atoms with Crippen LogP contribution in [0.3, 0.4) is 0 Å². The Labute approximate surface area is 106 Å². The van der Waals surface area contributed by atoms with Crippen LogP contribution in [0.4, 0.5) is 5.95 Å². The number of nitrogen functional groups attached to an aromatic ring is 1. The maximum absolute atomic E-state index is 8.97. The van der Waals surface area contributed by atoms with Crippen molar-refractivity contribution in [2.24, 2.45) is 5.92 Å². The Morgan fingerprint density at radius 3 is 3.11 bits per heavy atom. The van der Waals surface area contributed by atoms with Gasteiger partial charge in [0.15, 0.2) is 0 Å². The number of nitrogens with zero attached hydrogens (tertiary/aromatic N) is 3. The summed E-state index contributed by atoms with van der Waals surface area (Å²) < 4.78 is 2.11. The number of imidazole rings is 1. The lowest BCUT2D eigenvalue weighted by atomic mass is 10.2. The van der Waals surface area contributed by atoms with Gasteiger partial charge in [-0.3, -0.25) is 0 Å². The van der Waals surface area contributed by atoms with E-state index in [1.165, 1.54) is 19.3 Å². The van der Waals surface area contributed by atoms with Gasteiger partial charge in [0.25, 0.3) is 0 Å². The number of aromatic nitrogens is 2. The van der Waals surface area contributed by atoms with Gasteiger partial charge in [-0.25, -0.2) is 4.98 Å². The lowest BCUT2D eigenvalue weighted by Crippen LogP contribution is -2.02. The van der Waals surface area contributed by atoms with Crippen molar-refractivity contribution in [3.63, 3.8) is 0 Å². The minimum absolute atomic E-state index is 0.476. The molecule has 0 radical (unpaired) electrons. The minimum Gasteiger partial charge on any atom is -0.369 e. The van der Waals surface area contributed by atoms with Gasteiger partial charge >= 0.3 is 0 Å². The number of fused-ring (bicyclic) bond motifs is 1. The normalized spacial score (nSPS) is 22.0. The molecule has 3 rings (SSSR count). The molecule has 1 aromatic carbocycles. The third kappa shape index (κ3) is 1.63. The quantitative estimate of drug-likeness (QED) is 0.897. The van der Waals surface area contributed by atoms with Gasteiger partial charge in [0.05, 0.1) is 22.7 Å². The first-order chi connectivity index (χ1) is 8.74. The number of anilines is 1. The van der Waals surface area contributed by atoms with Crippen molar-refractivity contribution >= 4 is 17.0 Å². The molecule has 2 N–H and O–H groups in total. The van der Waals surface area contributed by atoms with Gasteiger partial charge in [0, 0.05) is 6.04 Å². The van der Waals surface area contributed by atoms with E-state index in [0.717, 1.165) is 17.0 Å². The minimum atomic E-state index is 0.476. The smallest absolute Gasteiger partial charge is 0.201 e. The molecule has 4 nitrogen and oxygen atoms in total. The van der Waals surface area contributed by atoms with Crippen LogP contribution in [-0.4, -0.2) is 9.55 Å². The van der Waals surface area contributed by atoms with E-state index in [4.69, 9.17) is 11.0 Å². The Morgan fingerprint density at radius 2 is 2.39 bits per heavy atom. The second-order valence-corrected chi connectivity index (χ2v) is 5.01. The Bertz CT molecular complexity index is 635. The first-order valence-electron chi connectivity index (χ1n) is 6.42. The van der Waals surface area contributed by atoms with Crippen LogP contribution in [0.15, 0.2) is 18.2 Å². The van der Waals surface area contributed by atoms with Gasteiger partial charge in [0.2, 0.25) is 5.95 Å². The van der Waals surface area contributed by atoms with Crippen molar-refractivity contribution in [2.75, 3.05) is 5.73 Å². The van der Waals surface area contributed by atoms with Gasteiger partial charge in [-0.05, 0) is 37.0 Å². The second-order valence-electron chi connectivity index (χ2n) is 5.01. The largest absolute Gasteiger partial charge is 0.369 e. The zero-order chi connectivity index (χ0) is 12.7. The molecule has 2 unspecified atom stereocenters. The van der Waals surface area contributed by atoms with E-state index in [-0.39, 0.29) is 0 Å². The Morgan fingerprint density at radius 1 is 1.56 bits per heavy atom. The standard InChI is InChI=1S/C14H16N4/c1-2-3-10-7-12(10)18-13-6-9(8-15)4-5-11(13)17-14(18)16/h4-6,10,12H,2-3,7H2,1H3,(H2,16,17). The lowest BCUT2D eigenvalue weighted by molar-refractivity contribution is 0.622. The number of hydrogen-bond donors (Lipinski definition) is 1. The number of nitriles is 1. The molecule has 4 heteroatoms. The highest BCUT2D eigenvalue weighted by atomic mass is 15.2. The van der Waals surface area contributed by atoms with Gasteiger partial charge in [0.1, 0.15) is 0 Å². The van der Waals surface area contributed by atoms with E-state index in [1.54, 1.807) is 6.07 Å². The van der Waals surface area contributed by atoms with Crippen molar-refractivity contribution in [3.8, 4) is 6.07 Å². The van der Waals surface area contributed by atoms with Crippen LogP contribution in [0.5, 0.6) is 0 Å². The van der Waals surface area contributed by atoms with Crippen LogP contribution < -0.4 is 5.73 Å². The molecule has 1 aliphatic carbocycles. The lowest BCUT2D eigenvalue weighted by Gasteiger charge is -2.05. The highest BCUT2D eigenvalue weighted by Gasteiger charge is 2.39. The fourth-order valence-electron chi connectivity index (χ4n) is 2.76. The van der Waals surface area contributed by atoms with Crippen LogP contribution in [-0.2, 0) is 0 Å². The van der Waals surface area contributed by atoms with E-state index in [0.29, 0.717) is 17.6 Å². The number of benzene rings is 1. The Kier molecular flexibility index (Phi) is 2.48. The van der Waals surface area contributed by atoms with Crippen LogP contribution in [0.1, 0.15) is 37.8 Å². The van der Waals surface area contributed by atoms with Crippen molar-refractivity contribution in [1.82, 2.24) is 9.55 Å². The molecule has 1 heterocycles. The van der Waals surface area contributed by atoms with Crippen molar-refractivity contribution in [1.29, 1.82) is 5.26 Å². The molecule has 0 bridgehead atoms. The van der Waals surface area contributed by atoms with E-state index >= 15 is 0 Å². The van der Waals surface area contributed by atoms with E-state index in [9.17, 15) is 0 Å². The maximum Gasteiger partial charge on any atom is 0.201 e. The van der Waals surface area contributed by atoms with Crippen molar-refractivity contribution in [2.45, 2.75) is 32.2 Å². The molecule has 1 fully saturated rings. The number of rotatable bonds is 3. The van der Waals surface area contributed by atoms with Crippen LogP contribution in [0, 0.1) is 17.2 Å². The second kappa shape index (κ2) is 4.02. The fourth-order valence-corrected chi connectivity index (χ4v) is 2.76. The molecule has 2 atom stereocenters. The summed E-state index contributed by atoms with van der Waals surface area (Å²) in [6.07, 6.45) is 3.62. The summed E-state index contributed by atoms with van der Waals surface area (Å²) in [6.45, 7) is 2.21. The molecule has 0 saturated heterocycles. The summed E-state index contributed by atoms with van der Waals surface area (Å²) in [6, 6.07) is 8.19. The fraction of sp³-hybridized carbons (Fsp3) is 0.429. The van der Waals surface area contributed by atoms with Crippen LogP contribution >= 0.6 is 0 Å². The average Bonchev–Trinajstić information content (AvgIpc) is 3.03.